The van der Waals surface area contributed by atoms with Crippen LogP contribution in [0.3, 0.4) is 0 Å². The van der Waals surface area contributed by atoms with Gasteiger partial charge in [0.1, 0.15) is 0 Å². The van der Waals surface area contributed by atoms with Crippen molar-refractivity contribution in [1.82, 2.24) is 0 Å². The molecule has 0 spiro atoms. The Morgan fingerprint density at radius 1 is 1.37 bits per heavy atom. The number of rotatable bonds is 3. The van der Waals surface area contributed by atoms with Crippen molar-refractivity contribution in [2.24, 2.45) is 0 Å². The largest absolute Gasteiger partial charge is 0.378 e. The monoisotopic (exact) mass is 302 g/mol. The number of halogens is 1. The first-order chi connectivity index (χ1) is 8.80. The van der Waals surface area contributed by atoms with Crippen molar-refractivity contribution in [2.45, 2.75) is 37.0 Å². The van der Waals surface area contributed by atoms with Gasteiger partial charge >= 0.3 is 0 Å². The molecule has 0 bridgehead atoms. The van der Waals surface area contributed by atoms with Crippen molar-refractivity contribution in [3.05, 3.63) is 34.9 Å². The van der Waals surface area contributed by atoms with Gasteiger partial charge in [-0.05, 0) is 43.9 Å². The maximum Gasteiger partial charge on any atom is 0.153 e. The molecule has 1 aromatic rings. The molecule has 2 rings (SSSR count). The molecular weight excluding hydrogens is 284 g/mol. The summed E-state index contributed by atoms with van der Waals surface area (Å²) < 4.78 is 28.8. The highest BCUT2D eigenvalue weighted by Gasteiger charge is 2.41. The van der Waals surface area contributed by atoms with Crippen LogP contribution >= 0.6 is 11.6 Å². The number of hydrogen-bond acceptors (Lipinski definition) is 3. The fourth-order valence-electron chi connectivity index (χ4n) is 2.44. The lowest BCUT2D eigenvalue weighted by Crippen LogP contribution is -2.44. The number of ether oxygens (including phenoxy) is 1. The maximum atomic E-state index is 11.9. The maximum absolute atomic E-state index is 11.9. The van der Waals surface area contributed by atoms with Gasteiger partial charge < -0.3 is 4.74 Å². The smallest absolute Gasteiger partial charge is 0.153 e. The Morgan fingerprint density at radius 2 is 2.00 bits per heavy atom. The van der Waals surface area contributed by atoms with E-state index in [2.05, 4.69) is 0 Å². The first kappa shape index (κ1) is 14.8. The van der Waals surface area contributed by atoms with Gasteiger partial charge in [-0.1, -0.05) is 23.7 Å². The minimum Gasteiger partial charge on any atom is -0.378 e. The van der Waals surface area contributed by atoms with Crippen LogP contribution in [0.25, 0.3) is 0 Å². The van der Waals surface area contributed by atoms with Crippen LogP contribution < -0.4 is 0 Å². The number of hydrogen-bond donors (Lipinski definition) is 0. The van der Waals surface area contributed by atoms with E-state index in [1.54, 1.807) is 0 Å². The molecule has 1 aromatic carbocycles. The SMILES string of the molecule is CC1(S(C)(=O)=O)CCOC(Cc2ccc(Cl)cc2)C1. The van der Waals surface area contributed by atoms with Gasteiger partial charge in [0, 0.05) is 17.9 Å². The molecule has 1 fully saturated rings. The molecule has 0 amide bonds. The Balaban J connectivity index is 2.08. The first-order valence-corrected chi connectivity index (χ1v) is 8.63. The zero-order chi connectivity index (χ0) is 14.1. The molecule has 0 N–H and O–H groups in total. The predicted octanol–water partition coefficient (Wildman–Crippen LogP) is 2.86. The molecule has 3 nitrogen and oxygen atoms in total. The minimum absolute atomic E-state index is 0.0466. The van der Waals surface area contributed by atoms with E-state index in [4.69, 9.17) is 16.3 Å². The summed E-state index contributed by atoms with van der Waals surface area (Å²) in [4.78, 5) is 0. The van der Waals surface area contributed by atoms with Crippen LogP contribution in [0, 0.1) is 0 Å². The summed E-state index contributed by atoms with van der Waals surface area (Å²) in [5.74, 6) is 0. The Hall–Kier alpha value is -0.580. The van der Waals surface area contributed by atoms with Gasteiger partial charge in [-0.2, -0.15) is 0 Å². The summed E-state index contributed by atoms with van der Waals surface area (Å²) >= 11 is 5.85. The van der Waals surface area contributed by atoms with Gasteiger partial charge in [-0.3, -0.25) is 0 Å². The van der Waals surface area contributed by atoms with E-state index in [1.165, 1.54) is 6.26 Å². The van der Waals surface area contributed by atoms with E-state index in [0.29, 0.717) is 24.5 Å². The molecule has 1 heterocycles. The molecule has 0 aromatic heterocycles. The third-order valence-corrected chi connectivity index (χ3v) is 6.33. The third-order valence-electron chi connectivity index (χ3n) is 3.92. The topological polar surface area (TPSA) is 43.4 Å². The number of sulfone groups is 1. The molecule has 19 heavy (non-hydrogen) atoms. The molecule has 2 unspecified atom stereocenters. The zero-order valence-corrected chi connectivity index (χ0v) is 12.8. The van der Waals surface area contributed by atoms with Crippen molar-refractivity contribution >= 4 is 21.4 Å². The molecular formula is C14H19ClO3S. The van der Waals surface area contributed by atoms with Crippen LogP contribution in [0.2, 0.25) is 5.02 Å². The second-order valence-electron chi connectivity index (χ2n) is 5.50. The molecule has 0 radical (unpaired) electrons. The lowest BCUT2D eigenvalue weighted by molar-refractivity contribution is 0.00253. The van der Waals surface area contributed by atoms with Gasteiger partial charge in [-0.25, -0.2) is 8.42 Å². The van der Waals surface area contributed by atoms with Crippen LogP contribution in [0.4, 0.5) is 0 Å². The van der Waals surface area contributed by atoms with E-state index < -0.39 is 14.6 Å². The van der Waals surface area contributed by atoms with Gasteiger partial charge in [0.15, 0.2) is 9.84 Å². The second kappa shape index (κ2) is 5.43. The first-order valence-electron chi connectivity index (χ1n) is 6.36. The summed E-state index contributed by atoms with van der Waals surface area (Å²) in [5.41, 5.74) is 1.12. The molecule has 2 atom stereocenters. The third kappa shape index (κ3) is 3.50. The molecule has 5 heteroatoms. The minimum atomic E-state index is -3.06. The lowest BCUT2D eigenvalue weighted by atomic mass is 9.93. The molecule has 1 aliphatic heterocycles. The summed E-state index contributed by atoms with van der Waals surface area (Å²) in [7, 11) is -3.06. The second-order valence-corrected chi connectivity index (χ2v) is 8.47. The number of benzene rings is 1. The van der Waals surface area contributed by atoms with Crippen LogP contribution in [0.1, 0.15) is 25.3 Å². The Bertz CT molecular complexity index is 538. The van der Waals surface area contributed by atoms with E-state index in [1.807, 2.05) is 31.2 Å². The Morgan fingerprint density at radius 3 is 2.58 bits per heavy atom. The standard InChI is InChI=1S/C14H19ClO3S/c1-14(19(2,16)17)7-8-18-13(10-14)9-11-3-5-12(15)6-4-11/h3-6,13H,7-10H2,1-2H3. The summed E-state index contributed by atoms with van der Waals surface area (Å²) in [6, 6.07) is 7.60. The predicted molar refractivity (Wildman–Crippen MR) is 77.4 cm³/mol. The van der Waals surface area contributed by atoms with Crippen LogP contribution in [-0.2, 0) is 21.0 Å². The van der Waals surface area contributed by atoms with Gasteiger partial charge in [0.05, 0.1) is 10.9 Å². The van der Waals surface area contributed by atoms with Gasteiger partial charge in [0.2, 0.25) is 0 Å². The van der Waals surface area contributed by atoms with Crippen molar-refractivity contribution in [3.8, 4) is 0 Å². The van der Waals surface area contributed by atoms with E-state index in [-0.39, 0.29) is 6.10 Å². The van der Waals surface area contributed by atoms with E-state index >= 15 is 0 Å². The Labute approximate surface area is 119 Å². The molecule has 0 aliphatic carbocycles. The van der Waals surface area contributed by atoms with Crippen molar-refractivity contribution < 1.29 is 13.2 Å². The average molecular weight is 303 g/mol. The van der Waals surface area contributed by atoms with Crippen LogP contribution in [-0.4, -0.2) is 32.1 Å². The fourth-order valence-corrected chi connectivity index (χ4v) is 3.50. The normalized spacial score (nSPS) is 28.3. The average Bonchev–Trinajstić information content (AvgIpc) is 2.31. The van der Waals surface area contributed by atoms with Gasteiger partial charge in [-0.15, -0.1) is 0 Å². The van der Waals surface area contributed by atoms with E-state index in [9.17, 15) is 8.42 Å². The lowest BCUT2D eigenvalue weighted by Gasteiger charge is -2.36. The van der Waals surface area contributed by atoms with Gasteiger partial charge in [0.25, 0.3) is 0 Å². The van der Waals surface area contributed by atoms with Crippen molar-refractivity contribution in [2.75, 3.05) is 12.9 Å². The summed E-state index contributed by atoms with van der Waals surface area (Å²) in [5, 5.41) is 0.703. The quantitative estimate of drug-likeness (QED) is 0.862. The van der Waals surface area contributed by atoms with E-state index in [0.717, 1.165) is 12.0 Å². The molecule has 106 valence electrons. The molecule has 0 saturated carbocycles. The molecule has 1 saturated heterocycles. The summed E-state index contributed by atoms with van der Waals surface area (Å²) in [6.45, 7) is 2.32. The zero-order valence-electron chi connectivity index (χ0n) is 11.2. The fraction of sp³-hybridized carbons (Fsp3) is 0.571. The van der Waals surface area contributed by atoms with Crippen molar-refractivity contribution in [3.63, 3.8) is 0 Å². The van der Waals surface area contributed by atoms with Crippen molar-refractivity contribution in [1.29, 1.82) is 0 Å². The highest BCUT2D eigenvalue weighted by Crippen LogP contribution is 2.33. The van der Waals surface area contributed by atoms with Crippen LogP contribution in [0.15, 0.2) is 24.3 Å². The highest BCUT2D eigenvalue weighted by molar-refractivity contribution is 7.92. The Kier molecular flexibility index (Phi) is 4.23. The molecule has 1 aliphatic rings. The van der Waals surface area contributed by atoms with Crippen LogP contribution in [0.5, 0.6) is 0 Å². The highest BCUT2D eigenvalue weighted by atomic mass is 35.5. The summed E-state index contributed by atoms with van der Waals surface area (Å²) in [6.07, 6.45) is 3.12.